The van der Waals surface area contributed by atoms with Crippen molar-refractivity contribution in [3.05, 3.63) is 12.2 Å². The van der Waals surface area contributed by atoms with Gasteiger partial charge in [0.15, 0.2) is 0 Å². The molecule has 0 fully saturated rings. The highest BCUT2D eigenvalue weighted by atomic mass is 14.8. The summed E-state index contributed by atoms with van der Waals surface area (Å²) in [4.78, 5) is 0. The van der Waals surface area contributed by atoms with Gasteiger partial charge in [-0.1, -0.05) is 19.1 Å². The van der Waals surface area contributed by atoms with Gasteiger partial charge in [-0.25, -0.2) is 0 Å². The van der Waals surface area contributed by atoms with Crippen LogP contribution in [0.25, 0.3) is 0 Å². The highest BCUT2D eigenvalue weighted by Crippen LogP contribution is 2.26. The van der Waals surface area contributed by atoms with Crippen LogP contribution in [-0.4, -0.2) is 13.6 Å². The topological polar surface area (TPSA) is 12.0 Å². The fourth-order valence-electron chi connectivity index (χ4n) is 1.73. The smallest absolute Gasteiger partial charge is 0.00462 e. The van der Waals surface area contributed by atoms with E-state index in [-0.39, 0.29) is 0 Å². The quantitative estimate of drug-likeness (QED) is 0.613. The van der Waals surface area contributed by atoms with Gasteiger partial charge >= 0.3 is 0 Å². The Morgan fingerprint density at radius 1 is 1.55 bits per heavy atom. The molecule has 0 amide bonds. The molecule has 0 aromatic heterocycles. The predicted octanol–water partition coefficient (Wildman–Crippen LogP) is 2.20. The third-order valence-electron chi connectivity index (χ3n) is 2.63. The molecule has 1 rings (SSSR count). The van der Waals surface area contributed by atoms with Crippen molar-refractivity contribution in [2.75, 3.05) is 13.6 Å². The molecule has 11 heavy (non-hydrogen) atoms. The van der Waals surface area contributed by atoms with Crippen molar-refractivity contribution in [3.63, 3.8) is 0 Å². The van der Waals surface area contributed by atoms with E-state index in [0.29, 0.717) is 0 Å². The molecule has 0 aliphatic heterocycles. The van der Waals surface area contributed by atoms with Crippen molar-refractivity contribution in [2.45, 2.75) is 26.2 Å². The summed E-state index contributed by atoms with van der Waals surface area (Å²) in [7, 11) is 2.03. The van der Waals surface area contributed by atoms with Crippen LogP contribution in [0.5, 0.6) is 0 Å². The lowest BCUT2D eigenvalue weighted by Crippen LogP contribution is -2.18. The lowest BCUT2D eigenvalue weighted by atomic mass is 9.83. The van der Waals surface area contributed by atoms with E-state index in [2.05, 4.69) is 24.4 Å². The summed E-state index contributed by atoms with van der Waals surface area (Å²) in [5.41, 5.74) is 0. The lowest BCUT2D eigenvalue weighted by Gasteiger charge is -2.23. The van der Waals surface area contributed by atoms with E-state index in [4.69, 9.17) is 0 Å². The predicted molar refractivity (Wildman–Crippen MR) is 49.6 cm³/mol. The molecule has 0 aromatic carbocycles. The van der Waals surface area contributed by atoms with Gasteiger partial charge in [-0.15, -0.1) is 0 Å². The van der Waals surface area contributed by atoms with E-state index in [1.165, 1.54) is 19.3 Å². The SMILES string of the molecule is CNCCC1C=CCCC1C. The van der Waals surface area contributed by atoms with Crippen LogP contribution in [0.2, 0.25) is 0 Å². The molecule has 0 aromatic rings. The first-order chi connectivity index (χ1) is 5.34. The van der Waals surface area contributed by atoms with Crippen molar-refractivity contribution < 1.29 is 0 Å². The molecule has 2 unspecified atom stereocenters. The van der Waals surface area contributed by atoms with E-state index in [1.807, 2.05) is 7.05 Å². The molecule has 0 radical (unpaired) electrons. The zero-order valence-electron chi connectivity index (χ0n) is 7.64. The molecule has 1 aliphatic rings. The first-order valence-corrected chi connectivity index (χ1v) is 4.66. The molecule has 2 atom stereocenters. The summed E-state index contributed by atoms with van der Waals surface area (Å²) in [6, 6.07) is 0. The highest BCUT2D eigenvalue weighted by Gasteiger charge is 2.15. The molecule has 0 saturated heterocycles. The Bertz CT molecular complexity index is 129. The van der Waals surface area contributed by atoms with Crippen LogP contribution in [0.4, 0.5) is 0 Å². The van der Waals surface area contributed by atoms with Crippen LogP contribution in [-0.2, 0) is 0 Å². The Morgan fingerprint density at radius 3 is 3.00 bits per heavy atom. The summed E-state index contributed by atoms with van der Waals surface area (Å²) in [5.74, 6) is 1.73. The first kappa shape index (κ1) is 8.79. The summed E-state index contributed by atoms with van der Waals surface area (Å²) in [6.07, 6.45) is 8.70. The van der Waals surface area contributed by atoms with E-state index >= 15 is 0 Å². The Balaban J connectivity index is 2.29. The van der Waals surface area contributed by atoms with Crippen molar-refractivity contribution in [1.82, 2.24) is 5.32 Å². The van der Waals surface area contributed by atoms with Gasteiger partial charge in [0.25, 0.3) is 0 Å². The van der Waals surface area contributed by atoms with Crippen LogP contribution < -0.4 is 5.32 Å². The van der Waals surface area contributed by atoms with Gasteiger partial charge in [0, 0.05) is 0 Å². The van der Waals surface area contributed by atoms with Gasteiger partial charge in [-0.05, 0) is 44.7 Å². The second-order valence-electron chi connectivity index (χ2n) is 3.54. The molecule has 1 nitrogen and oxygen atoms in total. The molecule has 0 heterocycles. The standard InChI is InChI=1S/C10H19N/c1-9-5-3-4-6-10(9)7-8-11-2/h4,6,9-11H,3,5,7-8H2,1-2H3. The Labute approximate surface area is 69.9 Å². The normalized spacial score (nSPS) is 30.7. The van der Waals surface area contributed by atoms with Gasteiger partial charge < -0.3 is 5.32 Å². The number of hydrogen-bond acceptors (Lipinski definition) is 1. The largest absolute Gasteiger partial charge is 0.320 e. The van der Waals surface area contributed by atoms with Gasteiger partial charge in [-0.2, -0.15) is 0 Å². The minimum absolute atomic E-state index is 0.830. The van der Waals surface area contributed by atoms with Crippen LogP contribution >= 0.6 is 0 Å². The minimum atomic E-state index is 0.830. The maximum atomic E-state index is 3.20. The van der Waals surface area contributed by atoms with Gasteiger partial charge in [0.05, 0.1) is 0 Å². The fraction of sp³-hybridized carbons (Fsp3) is 0.800. The summed E-state index contributed by atoms with van der Waals surface area (Å²) in [6.45, 7) is 3.52. The Morgan fingerprint density at radius 2 is 2.36 bits per heavy atom. The average Bonchev–Trinajstić information content (AvgIpc) is 2.03. The van der Waals surface area contributed by atoms with Crippen LogP contribution in [0.3, 0.4) is 0 Å². The highest BCUT2D eigenvalue weighted by molar-refractivity contribution is 4.95. The van der Waals surface area contributed by atoms with E-state index in [9.17, 15) is 0 Å². The van der Waals surface area contributed by atoms with E-state index in [1.54, 1.807) is 0 Å². The number of allylic oxidation sites excluding steroid dienone is 2. The third kappa shape index (κ3) is 2.66. The molecular weight excluding hydrogens is 134 g/mol. The monoisotopic (exact) mass is 153 g/mol. The molecule has 0 spiro atoms. The van der Waals surface area contributed by atoms with Crippen molar-refractivity contribution in [1.29, 1.82) is 0 Å². The summed E-state index contributed by atoms with van der Waals surface area (Å²) in [5, 5.41) is 3.20. The maximum absolute atomic E-state index is 3.20. The van der Waals surface area contributed by atoms with Crippen molar-refractivity contribution in [3.8, 4) is 0 Å². The molecule has 1 aliphatic carbocycles. The van der Waals surface area contributed by atoms with Crippen LogP contribution in [0, 0.1) is 11.8 Å². The molecular formula is C10H19N. The van der Waals surface area contributed by atoms with Crippen molar-refractivity contribution in [2.24, 2.45) is 11.8 Å². The zero-order valence-corrected chi connectivity index (χ0v) is 7.64. The summed E-state index contributed by atoms with van der Waals surface area (Å²) < 4.78 is 0. The van der Waals surface area contributed by atoms with E-state index < -0.39 is 0 Å². The molecule has 1 N–H and O–H groups in total. The third-order valence-corrected chi connectivity index (χ3v) is 2.63. The summed E-state index contributed by atoms with van der Waals surface area (Å²) >= 11 is 0. The molecule has 0 saturated carbocycles. The van der Waals surface area contributed by atoms with Crippen LogP contribution in [0.15, 0.2) is 12.2 Å². The second-order valence-corrected chi connectivity index (χ2v) is 3.54. The molecule has 1 heteroatoms. The number of hydrogen-bond donors (Lipinski definition) is 1. The lowest BCUT2D eigenvalue weighted by molar-refractivity contribution is 0.364. The number of rotatable bonds is 3. The van der Waals surface area contributed by atoms with E-state index in [0.717, 1.165) is 18.4 Å². The molecule has 0 bridgehead atoms. The van der Waals surface area contributed by atoms with Crippen LogP contribution in [0.1, 0.15) is 26.2 Å². The second kappa shape index (κ2) is 4.55. The van der Waals surface area contributed by atoms with Crippen molar-refractivity contribution >= 4 is 0 Å². The zero-order chi connectivity index (χ0) is 8.10. The fourth-order valence-corrected chi connectivity index (χ4v) is 1.73. The Hall–Kier alpha value is -0.300. The van der Waals surface area contributed by atoms with Gasteiger partial charge in [0.1, 0.15) is 0 Å². The van der Waals surface area contributed by atoms with Gasteiger partial charge in [-0.3, -0.25) is 0 Å². The number of nitrogens with one attached hydrogen (secondary N) is 1. The maximum Gasteiger partial charge on any atom is -0.00462 e. The Kier molecular flexibility index (Phi) is 3.64. The van der Waals surface area contributed by atoms with Gasteiger partial charge in [0.2, 0.25) is 0 Å². The first-order valence-electron chi connectivity index (χ1n) is 4.66. The minimum Gasteiger partial charge on any atom is -0.320 e. The average molecular weight is 153 g/mol. The molecule has 64 valence electrons.